The number of likely N-dealkylation sites (tertiary alicyclic amines) is 1. The fourth-order valence-corrected chi connectivity index (χ4v) is 4.20. The van der Waals surface area contributed by atoms with E-state index >= 15 is 0 Å². The number of amides is 2. The zero-order valence-electron chi connectivity index (χ0n) is 18.4. The van der Waals surface area contributed by atoms with Crippen molar-refractivity contribution in [2.24, 2.45) is 5.92 Å². The number of fused-ring (bicyclic) bond motifs is 1. The molecular formula is C23H27N5O4. The van der Waals surface area contributed by atoms with Crippen LogP contribution in [0.15, 0.2) is 45.7 Å². The van der Waals surface area contributed by atoms with Crippen molar-refractivity contribution in [1.82, 2.24) is 24.8 Å². The van der Waals surface area contributed by atoms with Crippen molar-refractivity contribution in [3.8, 4) is 0 Å². The van der Waals surface area contributed by atoms with Crippen LogP contribution in [0.4, 0.5) is 0 Å². The standard InChI is InChI=1S/C23H27N5O4/c1-3-26(4-2)22(30)19-15-28(25-24-19)14-16-8-7-11-27(13-16)21(29)18-12-17-9-5-6-10-20(17)32-23(18)31/h5-6,9-10,12,15-16H,3-4,7-8,11,13-14H2,1-2H3. The maximum absolute atomic E-state index is 13.1. The van der Waals surface area contributed by atoms with E-state index in [1.54, 1.807) is 38.9 Å². The average molecular weight is 438 g/mol. The van der Waals surface area contributed by atoms with E-state index in [9.17, 15) is 14.4 Å². The zero-order chi connectivity index (χ0) is 22.7. The van der Waals surface area contributed by atoms with Crippen molar-refractivity contribution in [2.75, 3.05) is 26.2 Å². The molecule has 2 aromatic heterocycles. The van der Waals surface area contributed by atoms with E-state index in [1.807, 2.05) is 26.0 Å². The minimum absolute atomic E-state index is 0.0530. The van der Waals surface area contributed by atoms with Gasteiger partial charge in [-0.15, -0.1) is 5.10 Å². The maximum atomic E-state index is 13.1. The Bertz CT molecular complexity index is 1180. The average Bonchev–Trinajstić information content (AvgIpc) is 3.27. The summed E-state index contributed by atoms with van der Waals surface area (Å²) >= 11 is 0. The topological polar surface area (TPSA) is 102 Å². The molecule has 2 amide bonds. The van der Waals surface area contributed by atoms with Gasteiger partial charge in [0.2, 0.25) is 0 Å². The molecule has 1 saturated heterocycles. The third-order valence-electron chi connectivity index (χ3n) is 5.93. The van der Waals surface area contributed by atoms with E-state index < -0.39 is 5.63 Å². The van der Waals surface area contributed by atoms with Gasteiger partial charge in [0.05, 0.1) is 6.20 Å². The molecule has 32 heavy (non-hydrogen) atoms. The molecule has 1 aromatic carbocycles. The van der Waals surface area contributed by atoms with Crippen molar-refractivity contribution in [3.63, 3.8) is 0 Å². The van der Waals surface area contributed by atoms with Crippen LogP contribution >= 0.6 is 0 Å². The molecule has 168 valence electrons. The largest absolute Gasteiger partial charge is 0.422 e. The summed E-state index contributed by atoms with van der Waals surface area (Å²) in [5.41, 5.74) is 0.224. The molecule has 1 fully saturated rings. The molecule has 0 saturated carbocycles. The van der Waals surface area contributed by atoms with Gasteiger partial charge in [-0.1, -0.05) is 23.4 Å². The molecule has 4 rings (SSSR count). The van der Waals surface area contributed by atoms with Gasteiger partial charge in [-0.3, -0.25) is 14.3 Å². The summed E-state index contributed by atoms with van der Waals surface area (Å²) in [7, 11) is 0. The lowest BCUT2D eigenvalue weighted by Gasteiger charge is -2.32. The highest BCUT2D eigenvalue weighted by Crippen LogP contribution is 2.21. The summed E-state index contributed by atoms with van der Waals surface area (Å²) in [4.78, 5) is 41.3. The van der Waals surface area contributed by atoms with Crippen LogP contribution < -0.4 is 5.63 Å². The molecule has 9 nitrogen and oxygen atoms in total. The monoisotopic (exact) mass is 437 g/mol. The van der Waals surface area contributed by atoms with Gasteiger partial charge in [-0.2, -0.15) is 0 Å². The molecule has 0 spiro atoms. The summed E-state index contributed by atoms with van der Waals surface area (Å²) in [6, 6.07) is 8.75. The van der Waals surface area contributed by atoms with E-state index in [-0.39, 0.29) is 23.3 Å². The number of carbonyl (C=O) groups excluding carboxylic acids is 2. The quantitative estimate of drug-likeness (QED) is 0.549. The number of nitrogens with zero attached hydrogens (tertiary/aromatic N) is 5. The van der Waals surface area contributed by atoms with Crippen molar-refractivity contribution < 1.29 is 14.0 Å². The van der Waals surface area contributed by atoms with Gasteiger partial charge < -0.3 is 14.2 Å². The second kappa shape index (κ2) is 9.33. The number of piperidine rings is 1. The minimum atomic E-state index is -0.619. The molecule has 0 bridgehead atoms. The van der Waals surface area contributed by atoms with Crippen LogP contribution in [0.25, 0.3) is 11.0 Å². The van der Waals surface area contributed by atoms with Gasteiger partial charge in [-0.25, -0.2) is 4.79 Å². The van der Waals surface area contributed by atoms with Gasteiger partial charge in [0.1, 0.15) is 11.1 Å². The molecule has 0 aliphatic carbocycles. The molecule has 3 aromatic rings. The maximum Gasteiger partial charge on any atom is 0.349 e. The van der Waals surface area contributed by atoms with Gasteiger partial charge >= 0.3 is 5.63 Å². The fraction of sp³-hybridized carbons (Fsp3) is 0.435. The van der Waals surface area contributed by atoms with Gasteiger partial charge in [-0.05, 0) is 44.7 Å². The highest BCUT2D eigenvalue weighted by molar-refractivity contribution is 5.96. The summed E-state index contributed by atoms with van der Waals surface area (Å²) in [5.74, 6) is -0.298. The van der Waals surface area contributed by atoms with Crippen molar-refractivity contribution in [2.45, 2.75) is 33.2 Å². The smallest absolute Gasteiger partial charge is 0.349 e. The SMILES string of the molecule is CCN(CC)C(=O)c1cn(CC2CCCN(C(=O)c3cc4ccccc4oc3=O)C2)nn1. The van der Waals surface area contributed by atoms with Crippen LogP contribution in [0.1, 0.15) is 47.5 Å². The Morgan fingerprint density at radius 1 is 1.22 bits per heavy atom. The van der Waals surface area contributed by atoms with Crippen LogP contribution in [0.2, 0.25) is 0 Å². The molecule has 3 heterocycles. The summed E-state index contributed by atoms with van der Waals surface area (Å²) in [5, 5.41) is 8.86. The van der Waals surface area contributed by atoms with Crippen LogP contribution in [0.3, 0.4) is 0 Å². The Morgan fingerprint density at radius 2 is 2.00 bits per heavy atom. The van der Waals surface area contributed by atoms with E-state index in [1.165, 1.54) is 0 Å². The van der Waals surface area contributed by atoms with Crippen molar-refractivity contribution in [1.29, 1.82) is 0 Å². The van der Waals surface area contributed by atoms with Crippen LogP contribution in [0.5, 0.6) is 0 Å². The lowest BCUT2D eigenvalue weighted by molar-refractivity contribution is 0.0655. The Balaban J connectivity index is 1.45. The Labute approximate surface area is 185 Å². The van der Waals surface area contributed by atoms with Gasteiger partial charge in [0.15, 0.2) is 5.69 Å². The molecular weight excluding hydrogens is 410 g/mol. The Morgan fingerprint density at radius 3 is 2.78 bits per heavy atom. The van der Waals surface area contributed by atoms with Crippen molar-refractivity contribution in [3.05, 3.63) is 58.2 Å². The van der Waals surface area contributed by atoms with E-state index in [4.69, 9.17) is 4.42 Å². The molecule has 0 radical (unpaired) electrons. The lowest BCUT2D eigenvalue weighted by Crippen LogP contribution is -2.42. The first kappa shape index (κ1) is 21.7. The second-order valence-corrected chi connectivity index (χ2v) is 8.05. The third kappa shape index (κ3) is 4.42. The summed E-state index contributed by atoms with van der Waals surface area (Å²) in [6.45, 7) is 6.73. The number of aromatic nitrogens is 3. The second-order valence-electron chi connectivity index (χ2n) is 8.05. The normalized spacial score (nSPS) is 16.3. The fourth-order valence-electron chi connectivity index (χ4n) is 4.20. The molecule has 9 heteroatoms. The number of para-hydroxylation sites is 1. The molecule has 1 aliphatic rings. The Kier molecular flexibility index (Phi) is 6.34. The first-order chi connectivity index (χ1) is 15.5. The van der Waals surface area contributed by atoms with E-state index in [2.05, 4.69) is 10.3 Å². The first-order valence-electron chi connectivity index (χ1n) is 11.0. The molecule has 1 atom stereocenters. The van der Waals surface area contributed by atoms with Gasteiger partial charge in [0, 0.05) is 38.1 Å². The van der Waals surface area contributed by atoms with E-state index in [0.29, 0.717) is 44.0 Å². The predicted octanol–water partition coefficient (Wildman–Crippen LogP) is 2.42. The van der Waals surface area contributed by atoms with Gasteiger partial charge in [0.25, 0.3) is 11.8 Å². The Hall–Kier alpha value is -3.49. The van der Waals surface area contributed by atoms with Crippen LogP contribution in [-0.4, -0.2) is 62.8 Å². The van der Waals surface area contributed by atoms with Crippen LogP contribution in [0, 0.1) is 5.92 Å². The predicted molar refractivity (Wildman–Crippen MR) is 118 cm³/mol. The minimum Gasteiger partial charge on any atom is -0.422 e. The molecule has 0 N–H and O–H groups in total. The summed E-state index contributed by atoms with van der Waals surface area (Å²) in [6.07, 6.45) is 3.42. The highest BCUT2D eigenvalue weighted by atomic mass is 16.4. The summed E-state index contributed by atoms with van der Waals surface area (Å²) < 4.78 is 7.00. The highest BCUT2D eigenvalue weighted by Gasteiger charge is 2.27. The third-order valence-corrected chi connectivity index (χ3v) is 5.93. The first-order valence-corrected chi connectivity index (χ1v) is 11.0. The number of benzene rings is 1. The zero-order valence-corrected chi connectivity index (χ0v) is 18.4. The molecule has 1 unspecified atom stereocenters. The molecule has 1 aliphatic heterocycles. The van der Waals surface area contributed by atoms with Crippen molar-refractivity contribution >= 4 is 22.8 Å². The number of carbonyl (C=O) groups is 2. The van der Waals surface area contributed by atoms with Crippen LogP contribution in [-0.2, 0) is 6.54 Å². The number of rotatable bonds is 6. The van der Waals surface area contributed by atoms with E-state index in [0.717, 1.165) is 18.2 Å². The number of hydrogen-bond donors (Lipinski definition) is 0. The lowest BCUT2D eigenvalue weighted by atomic mass is 9.97. The number of hydrogen-bond acceptors (Lipinski definition) is 6.